The van der Waals surface area contributed by atoms with Crippen molar-refractivity contribution in [1.29, 1.82) is 0 Å². The summed E-state index contributed by atoms with van der Waals surface area (Å²) in [5.74, 6) is -18.1. The first-order chi connectivity index (χ1) is 18.8. The molecule has 1 atom stereocenters. The average Bonchev–Trinajstić information content (AvgIpc) is 2.87. The molecule has 1 aliphatic heterocycles. The van der Waals surface area contributed by atoms with E-state index in [1.54, 1.807) is 0 Å². The van der Waals surface area contributed by atoms with Gasteiger partial charge in [0.2, 0.25) is 17.5 Å². The molecule has 3 rings (SSSR count). The number of carbonyl (C=O) groups is 4. The molecule has 8 nitrogen and oxygen atoms in total. The molecule has 1 saturated heterocycles. The van der Waals surface area contributed by atoms with Crippen molar-refractivity contribution in [2.75, 3.05) is 32.8 Å². The van der Waals surface area contributed by atoms with Gasteiger partial charge in [-0.25, -0.2) is 22.0 Å². The van der Waals surface area contributed by atoms with Gasteiger partial charge < -0.3 is 14.7 Å². The van der Waals surface area contributed by atoms with E-state index in [1.807, 2.05) is 0 Å². The van der Waals surface area contributed by atoms with Crippen LogP contribution in [0.4, 0.5) is 30.7 Å². The highest BCUT2D eigenvalue weighted by Crippen LogP contribution is 2.27. The fourth-order valence-electron chi connectivity index (χ4n) is 3.99. The van der Waals surface area contributed by atoms with Gasteiger partial charge in [-0.1, -0.05) is 0 Å². The van der Waals surface area contributed by atoms with E-state index in [0.29, 0.717) is 12.1 Å². The standard InChI is InChI=1S/C25H21F7N2O6/c26-15-6-17(28)16(27)4-13(15)8-33-1-2-34(21(37)10-33)9-14(35)3-12(5-22(38)39)20(36)11-40-25-23(31)18(29)7-19(30)24(25)32/h4,6-7,12H,1-3,5,8-11H2,(H,38,39)/t12-/m0/s1. The minimum Gasteiger partial charge on any atom is -0.481 e. The van der Waals surface area contributed by atoms with Crippen LogP contribution >= 0.6 is 0 Å². The van der Waals surface area contributed by atoms with Gasteiger partial charge in [-0.05, 0) is 6.07 Å². The zero-order valence-electron chi connectivity index (χ0n) is 20.5. The van der Waals surface area contributed by atoms with Gasteiger partial charge in [-0.15, -0.1) is 0 Å². The molecule has 0 aliphatic carbocycles. The Balaban J connectivity index is 1.58. The number of hydrogen-bond acceptors (Lipinski definition) is 6. The van der Waals surface area contributed by atoms with Gasteiger partial charge in [0.15, 0.2) is 40.6 Å². The monoisotopic (exact) mass is 578 g/mol. The molecule has 15 heteroatoms. The summed E-state index contributed by atoms with van der Waals surface area (Å²) in [5, 5.41) is 9.09. The lowest BCUT2D eigenvalue weighted by molar-refractivity contribution is -0.143. The highest BCUT2D eigenvalue weighted by Gasteiger charge is 2.30. The molecule has 1 N–H and O–H groups in total. The first-order valence-corrected chi connectivity index (χ1v) is 11.6. The first-order valence-electron chi connectivity index (χ1n) is 11.6. The number of carboxylic acid groups (broad SMARTS) is 1. The molecule has 0 radical (unpaired) electrons. The van der Waals surface area contributed by atoms with E-state index in [4.69, 9.17) is 5.11 Å². The molecule has 0 unspecified atom stereocenters. The molecule has 40 heavy (non-hydrogen) atoms. The number of ether oxygens (including phenoxy) is 1. The van der Waals surface area contributed by atoms with Gasteiger partial charge >= 0.3 is 5.97 Å². The number of aliphatic carboxylic acids is 1. The molecule has 2 aromatic rings. The van der Waals surface area contributed by atoms with Crippen molar-refractivity contribution in [1.82, 2.24) is 9.80 Å². The molecular formula is C25H21F7N2O6. The van der Waals surface area contributed by atoms with Crippen LogP contribution < -0.4 is 4.74 Å². The second kappa shape index (κ2) is 12.9. The Bertz CT molecular complexity index is 1310. The Morgan fingerprint density at radius 2 is 1.45 bits per heavy atom. The van der Waals surface area contributed by atoms with Gasteiger partial charge in [0.1, 0.15) is 12.4 Å². The molecule has 2 aromatic carbocycles. The normalized spacial score (nSPS) is 14.8. The van der Waals surface area contributed by atoms with Crippen LogP contribution in [0.25, 0.3) is 0 Å². The molecule has 216 valence electrons. The van der Waals surface area contributed by atoms with Crippen molar-refractivity contribution in [2.45, 2.75) is 19.4 Å². The number of benzene rings is 2. The molecule has 1 amide bonds. The number of nitrogens with zero attached hydrogens (tertiary/aromatic N) is 2. The third-order valence-corrected chi connectivity index (χ3v) is 6.03. The maximum Gasteiger partial charge on any atom is 0.304 e. The Hall–Kier alpha value is -4.01. The predicted molar refractivity (Wildman–Crippen MR) is 120 cm³/mol. The first kappa shape index (κ1) is 30.5. The Labute approximate surface area is 221 Å². The van der Waals surface area contributed by atoms with Crippen molar-refractivity contribution in [3.63, 3.8) is 0 Å². The van der Waals surface area contributed by atoms with Crippen molar-refractivity contribution >= 4 is 23.4 Å². The summed E-state index contributed by atoms with van der Waals surface area (Å²) in [5.41, 5.74) is -0.186. The minimum atomic E-state index is -1.91. The largest absolute Gasteiger partial charge is 0.481 e. The quantitative estimate of drug-likeness (QED) is 0.305. The molecule has 1 aliphatic rings. The van der Waals surface area contributed by atoms with Crippen LogP contribution in [0.5, 0.6) is 5.75 Å². The predicted octanol–water partition coefficient (Wildman–Crippen LogP) is 3.00. The van der Waals surface area contributed by atoms with Crippen molar-refractivity contribution in [3.8, 4) is 5.75 Å². The third-order valence-electron chi connectivity index (χ3n) is 6.03. The number of halogens is 7. The second-order valence-electron chi connectivity index (χ2n) is 8.97. The lowest BCUT2D eigenvalue weighted by atomic mass is 9.94. The summed E-state index contributed by atoms with van der Waals surface area (Å²) in [4.78, 5) is 51.3. The maximum absolute atomic E-state index is 13.9. The van der Waals surface area contributed by atoms with Crippen LogP contribution in [0, 0.1) is 46.6 Å². The summed E-state index contributed by atoms with van der Waals surface area (Å²) < 4.78 is 99.2. The summed E-state index contributed by atoms with van der Waals surface area (Å²) >= 11 is 0. The summed E-state index contributed by atoms with van der Waals surface area (Å²) in [6.07, 6.45) is -1.59. The van der Waals surface area contributed by atoms with Crippen molar-refractivity contribution < 1.29 is 59.8 Å². The molecule has 0 spiro atoms. The van der Waals surface area contributed by atoms with E-state index in [0.717, 1.165) is 4.90 Å². The number of hydrogen-bond donors (Lipinski definition) is 1. The number of amides is 1. The van der Waals surface area contributed by atoms with Gasteiger partial charge in [0, 0.05) is 49.7 Å². The number of ketones is 2. The van der Waals surface area contributed by atoms with Gasteiger partial charge in [0.25, 0.3) is 0 Å². The number of Topliss-reactive ketones (excluding diaryl/α,β-unsaturated/α-hetero) is 2. The van der Waals surface area contributed by atoms with Crippen molar-refractivity contribution in [3.05, 3.63) is 64.5 Å². The summed E-state index contributed by atoms with van der Waals surface area (Å²) in [6.45, 7) is -2.19. The molecule has 1 heterocycles. The topological polar surface area (TPSA) is 104 Å². The second-order valence-corrected chi connectivity index (χ2v) is 8.97. The van der Waals surface area contributed by atoms with Crippen LogP contribution in [0.1, 0.15) is 18.4 Å². The number of carbonyl (C=O) groups excluding carboxylic acids is 3. The maximum atomic E-state index is 13.9. The number of rotatable bonds is 12. The zero-order valence-corrected chi connectivity index (χ0v) is 20.5. The highest BCUT2D eigenvalue weighted by atomic mass is 19.2. The fraction of sp³-hybridized carbons (Fsp3) is 0.360. The van der Waals surface area contributed by atoms with Crippen LogP contribution in [0.15, 0.2) is 18.2 Å². The molecule has 1 fully saturated rings. The van der Waals surface area contributed by atoms with Gasteiger partial charge in [0.05, 0.1) is 19.5 Å². The minimum absolute atomic E-state index is 0.0415. The molecule has 0 aromatic heterocycles. The van der Waals surface area contributed by atoms with E-state index in [-0.39, 0.29) is 37.8 Å². The lowest BCUT2D eigenvalue weighted by Gasteiger charge is -2.34. The third kappa shape index (κ3) is 7.55. The van der Waals surface area contributed by atoms with E-state index in [1.165, 1.54) is 4.90 Å². The smallest absolute Gasteiger partial charge is 0.304 e. The Morgan fingerprint density at radius 1 is 0.850 bits per heavy atom. The van der Waals surface area contributed by atoms with Crippen LogP contribution in [0.3, 0.4) is 0 Å². The van der Waals surface area contributed by atoms with E-state index in [9.17, 15) is 49.9 Å². The van der Waals surface area contributed by atoms with Gasteiger partial charge in [-0.2, -0.15) is 8.78 Å². The zero-order chi connectivity index (χ0) is 29.7. The highest BCUT2D eigenvalue weighted by molar-refractivity contribution is 5.93. The Kier molecular flexibility index (Phi) is 9.84. The summed E-state index contributed by atoms with van der Waals surface area (Å²) in [7, 11) is 0. The van der Waals surface area contributed by atoms with E-state index in [2.05, 4.69) is 4.74 Å². The number of carboxylic acids is 1. The SMILES string of the molecule is O=C(O)C[C@H](CC(=O)CN1CCN(Cc2cc(F)c(F)cc2F)CC1=O)C(=O)COc1c(F)c(F)cc(F)c1F. The molecular weight excluding hydrogens is 557 g/mol. The Morgan fingerprint density at radius 3 is 2.05 bits per heavy atom. The molecule has 0 saturated carbocycles. The van der Waals surface area contributed by atoms with E-state index < -0.39 is 102 Å². The lowest BCUT2D eigenvalue weighted by Crippen LogP contribution is -2.51. The summed E-state index contributed by atoms with van der Waals surface area (Å²) in [6, 6.07) is 0.972. The fourth-order valence-corrected chi connectivity index (χ4v) is 3.99. The van der Waals surface area contributed by atoms with E-state index >= 15 is 0 Å². The van der Waals surface area contributed by atoms with Gasteiger partial charge in [-0.3, -0.25) is 24.1 Å². The average molecular weight is 578 g/mol. The van der Waals surface area contributed by atoms with Crippen LogP contribution in [0.2, 0.25) is 0 Å². The van der Waals surface area contributed by atoms with Crippen molar-refractivity contribution in [2.24, 2.45) is 5.92 Å². The van der Waals surface area contributed by atoms with Crippen LogP contribution in [-0.4, -0.2) is 71.1 Å². The molecule has 0 bridgehead atoms. The number of piperazine rings is 1. The van der Waals surface area contributed by atoms with Crippen LogP contribution in [-0.2, 0) is 25.7 Å².